The van der Waals surface area contributed by atoms with E-state index >= 15 is 0 Å². The number of carboxylic acids is 1. The molecule has 5 nitrogen and oxygen atoms in total. The van der Waals surface area contributed by atoms with Gasteiger partial charge in [-0.25, -0.2) is 13.1 Å². The second kappa shape index (κ2) is 6.76. The Hall–Kier alpha value is -0.880. The van der Waals surface area contributed by atoms with E-state index in [0.29, 0.717) is 12.8 Å². The third-order valence-corrected chi connectivity index (χ3v) is 3.91. The molecule has 0 amide bonds. The number of sulfonamides is 1. The second-order valence-electron chi connectivity index (χ2n) is 4.63. The smallest absolute Gasteiger partial charge is 0.303 e. The summed E-state index contributed by atoms with van der Waals surface area (Å²) in [5, 5.41) is 8.56. The molecule has 0 bridgehead atoms. The summed E-state index contributed by atoms with van der Waals surface area (Å²) in [4.78, 5) is 10.4. The lowest BCUT2D eigenvalue weighted by molar-refractivity contribution is -0.137. The highest BCUT2D eigenvalue weighted by atomic mass is 32.2. The molecule has 0 spiro atoms. The van der Waals surface area contributed by atoms with Crippen molar-refractivity contribution in [2.75, 3.05) is 5.75 Å². The predicted octanol–water partition coefficient (Wildman–Crippen LogP) is 1.52. The number of allylic oxidation sites excluding steroid dienone is 1. The van der Waals surface area contributed by atoms with Crippen molar-refractivity contribution in [3.63, 3.8) is 0 Å². The van der Waals surface area contributed by atoms with Crippen LogP contribution in [-0.2, 0) is 14.8 Å². The summed E-state index contributed by atoms with van der Waals surface area (Å²) in [6.07, 6.45) is 3.06. The maximum Gasteiger partial charge on any atom is 0.303 e. The van der Waals surface area contributed by atoms with Crippen LogP contribution in [0.3, 0.4) is 0 Å². The molecule has 17 heavy (non-hydrogen) atoms. The van der Waals surface area contributed by atoms with Crippen LogP contribution >= 0.6 is 0 Å². The molecule has 0 saturated heterocycles. The average molecular weight is 263 g/mol. The van der Waals surface area contributed by atoms with Crippen molar-refractivity contribution in [1.29, 1.82) is 0 Å². The van der Waals surface area contributed by atoms with E-state index in [2.05, 4.69) is 11.3 Å². The fraction of sp³-hybridized carbons (Fsp3) is 0.727. The lowest BCUT2D eigenvalue weighted by Gasteiger charge is -2.25. The fourth-order valence-electron chi connectivity index (χ4n) is 1.36. The Bertz CT molecular complexity index is 360. The summed E-state index contributed by atoms with van der Waals surface area (Å²) in [6.45, 7) is 6.89. The van der Waals surface area contributed by atoms with E-state index in [9.17, 15) is 13.2 Å². The van der Waals surface area contributed by atoms with Crippen LogP contribution in [0.2, 0.25) is 0 Å². The van der Waals surface area contributed by atoms with Gasteiger partial charge in [0.15, 0.2) is 0 Å². The summed E-state index contributed by atoms with van der Waals surface area (Å²) in [5.41, 5.74) is -0.731. The molecule has 0 unspecified atom stereocenters. The number of unbranched alkanes of at least 4 members (excludes halogenated alkanes) is 1. The van der Waals surface area contributed by atoms with E-state index in [0.717, 1.165) is 0 Å². The molecule has 0 aliphatic carbocycles. The van der Waals surface area contributed by atoms with Gasteiger partial charge < -0.3 is 5.11 Å². The van der Waals surface area contributed by atoms with Crippen LogP contribution in [0.25, 0.3) is 0 Å². The molecule has 0 aromatic heterocycles. The zero-order valence-electron chi connectivity index (χ0n) is 10.4. The van der Waals surface area contributed by atoms with Crippen molar-refractivity contribution in [3.8, 4) is 0 Å². The van der Waals surface area contributed by atoms with Gasteiger partial charge in [0.1, 0.15) is 0 Å². The van der Waals surface area contributed by atoms with Crippen LogP contribution in [0.5, 0.6) is 0 Å². The third-order valence-electron chi connectivity index (χ3n) is 2.22. The van der Waals surface area contributed by atoms with E-state index in [1.54, 1.807) is 19.9 Å². The van der Waals surface area contributed by atoms with Gasteiger partial charge in [-0.3, -0.25) is 4.79 Å². The van der Waals surface area contributed by atoms with Crippen molar-refractivity contribution in [1.82, 2.24) is 4.72 Å². The molecule has 0 aromatic rings. The van der Waals surface area contributed by atoms with Crippen molar-refractivity contribution in [3.05, 3.63) is 12.7 Å². The topological polar surface area (TPSA) is 83.5 Å². The van der Waals surface area contributed by atoms with Gasteiger partial charge in [0.25, 0.3) is 0 Å². The standard InChI is InChI=1S/C11H21NO4S/c1-4-5-6-9-17(15,16)12-11(2,3)8-7-10(13)14/h4,12H,1,5-9H2,2-3H3,(H,13,14). The van der Waals surface area contributed by atoms with Crippen molar-refractivity contribution >= 4 is 16.0 Å². The van der Waals surface area contributed by atoms with Crippen molar-refractivity contribution in [2.24, 2.45) is 0 Å². The number of aliphatic carboxylic acids is 1. The molecule has 0 radical (unpaired) electrons. The first kappa shape index (κ1) is 16.1. The molecule has 0 saturated carbocycles. The first-order valence-corrected chi connectivity index (χ1v) is 7.18. The summed E-state index contributed by atoms with van der Waals surface area (Å²) in [7, 11) is -3.35. The molecule has 0 heterocycles. The minimum Gasteiger partial charge on any atom is -0.481 e. The summed E-state index contributed by atoms with van der Waals surface area (Å²) in [6, 6.07) is 0. The summed E-state index contributed by atoms with van der Waals surface area (Å²) >= 11 is 0. The van der Waals surface area contributed by atoms with Crippen LogP contribution in [0.15, 0.2) is 12.7 Å². The summed E-state index contributed by atoms with van der Waals surface area (Å²) in [5.74, 6) is -0.890. The Labute approximate surface area is 103 Å². The van der Waals surface area contributed by atoms with Crippen LogP contribution < -0.4 is 4.72 Å². The van der Waals surface area contributed by atoms with Gasteiger partial charge in [-0.05, 0) is 33.1 Å². The average Bonchev–Trinajstić information content (AvgIpc) is 2.13. The maximum atomic E-state index is 11.7. The van der Waals surface area contributed by atoms with Gasteiger partial charge in [0.2, 0.25) is 10.0 Å². The molecule has 0 aliphatic rings. The SMILES string of the molecule is C=CCCCS(=O)(=O)NC(C)(C)CCC(=O)O. The molecule has 2 N–H and O–H groups in total. The molecule has 0 rings (SSSR count). The lowest BCUT2D eigenvalue weighted by Crippen LogP contribution is -2.44. The van der Waals surface area contributed by atoms with Gasteiger partial charge in [-0.15, -0.1) is 6.58 Å². The predicted molar refractivity (Wildman–Crippen MR) is 67.3 cm³/mol. The van der Waals surface area contributed by atoms with Gasteiger partial charge in [-0.2, -0.15) is 0 Å². The third kappa shape index (κ3) is 8.88. The normalized spacial score (nSPS) is 12.4. The summed E-state index contributed by atoms with van der Waals surface area (Å²) < 4.78 is 25.9. The van der Waals surface area contributed by atoms with E-state index in [1.165, 1.54) is 0 Å². The van der Waals surface area contributed by atoms with Crippen LogP contribution in [0.4, 0.5) is 0 Å². The van der Waals surface area contributed by atoms with Gasteiger partial charge in [-0.1, -0.05) is 6.08 Å². The lowest BCUT2D eigenvalue weighted by atomic mass is 10.0. The van der Waals surface area contributed by atoms with Gasteiger partial charge in [0, 0.05) is 12.0 Å². The molecule has 0 fully saturated rings. The Morgan fingerprint density at radius 3 is 2.53 bits per heavy atom. The fourth-order valence-corrected chi connectivity index (χ4v) is 2.95. The zero-order valence-corrected chi connectivity index (χ0v) is 11.2. The number of rotatable bonds is 9. The van der Waals surface area contributed by atoms with Crippen LogP contribution in [0.1, 0.15) is 39.5 Å². The van der Waals surface area contributed by atoms with E-state index < -0.39 is 21.5 Å². The molecule has 0 aliphatic heterocycles. The zero-order chi connectivity index (χ0) is 13.5. The highest BCUT2D eigenvalue weighted by molar-refractivity contribution is 7.89. The molecular formula is C11H21NO4S. The number of hydrogen-bond acceptors (Lipinski definition) is 3. The minimum atomic E-state index is -3.35. The minimum absolute atomic E-state index is 0.0372. The molecule has 6 heteroatoms. The molecule has 0 atom stereocenters. The Balaban J connectivity index is 4.27. The van der Waals surface area contributed by atoms with Crippen LogP contribution in [0, 0.1) is 0 Å². The highest BCUT2D eigenvalue weighted by Gasteiger charge is 2.24. The van der Waals surface area contributed by atoms with E-state index in [4.69, 9.17) is 5.11 Å². The number of nitrogens with one attached hydrogen (secondary N) is 1. The largest absolute Gasteiger partial charge is 0.481 e. The number of carboxylic acid groups (broad SMARTS) is 1. The monoisotopic (exact) mass is 263 g/mol. The first-order valence-electron chi connectivity index (χ1n) is 5.53. The van der Waals surface area contributed by atoms with Gasteiger partial charge >= 0.3 is 5.97 Å². The Kier molecular flexibility index (Phi) is 6.41. The van der Waals surface area contributed by atoms with Crippen molar-refractivity contribution < 1.29 is 18.3 Å². The van der Waals surface area contributed by atoms with Crippen molar-refractivity contribution in [2.45, 2.75) is 45.1 Å². The maximum absolute atomic E-state index is 11.7. The van der Waals surface area contributed by atoms with Gasteiger partial charge in [0.05, 0.1) is 5.75 Å². The van der Waals surface area contributed by atoms with E-state index in [-0.39, 0.29) is 18.6 Å². The van der Waals surface area contributed by atoms with Crippen LogP contribution in [-0.4, -0.2) is 30.8 Å². The molecule has 0 aromatic carbocycles. The molecule has 100 valence electrons. The number of hydrogen-bond donors (Lipinski definition) is 2. The first-order chi connectivity index (χ1) is 7.68. The Morgan fingerprint density at radius 2 is 2.06 bits per heavy atom. The van der Waals surface area contributed by atoms with E-state index in [1.807, 2.05) is 0 Å². The highest BCUT2D eigenvalue weighted by Crippen LogP contribution is 2.13. The molecular weight excluding hydrogens is 242 g/mol. The Morgan fingerprint density at radius 1 is 1.47 bits per heavy atom. The number of carbonyl (C=O) groups is 1. The quantitative estimate of drug-likeness (QED) is 0.488. The second-order valence-corrected chi connectivity index (χ2v) is 6.47.